The van der Waals surface area contributed by atoms with Crippen molar-refractivity contribution in [1.29, 1.82) is 0 Å². The number of carboxylic acid groups (broad SMARTS) is 1. The average molecular weight is 364 g/mol. The predicted octanol–water partition coefficient (Wildman–Crippen LogP) is 4.37. The van der Waals surface area contributed by atoms with Crippen LogP contribution in [0.25, 0.3) is 10.4 Å². The second-order valence-electron chi connectivity index (χ2n) is 6.09. The molecule has 2 N–H and O–H groups in total. The van der Waals surface area contributed by atoms with Gasteiger partial charge in [0.25, 0.3) is 5.69 Å². The Labute approximate surface area is 147 Å². The summed E-state index contributed by atoms with van der Waals surface area (Å²) in [6.07, 6.45) is -0.779. The van der Waals surface area contributed by atoms with Crippen LogP contribution in [-0.4, -0.2) is 27.7 Å². The molecule has 0 aliphatic carbocycles. The van der Waals surface area contributed by atoms with Crippen molar-refractivity contribution < 1.29 is 24.4 Å². The van der Waals surface area contributed by atoms with Gasteiger partial charge in [0.2, 0.25) is 0 Å². The Morgan fingerprint density at radius 1 is 1.28 bits per heavy atom. The maximum Gasteiger partial charge on any atom is 0.412 e. The van der Waals surface area contributed by atoms with Crippen LogP contribution in [-0.2, 0) is 4.74 Å². The molecule has 0 fully saturated rings. The minimum Gasteiger partial charge on any atom is -0.477 e. The van der Waals surface area contributed by atoms with Crippen LogP contribution in [0.2, 0.25) is 0 Å². The molecule has 8 nitrogen and oxygen atoms in total. The highest BCUT2D eigenvalue weighted by Gasteiger charge is 2.22. The summed E-state index contributed by atoms with van der Waals surface area (Å²) in [7, 11) is 0. The van der Waals surface area contributed by atoms with E-state index in [1.54, 1.807) is 26.8 Å². The molecule has 1 aromatic heterocycles. The first-order chi connectivity index (χ1) is 11.6. The van der Waals surface area contributed by atoms with Crippen molar-refractivity contribution in [2.75, 3.05) is 5.32 Å². The molecule has 0 unspecified atom stereocenters. The van der Waals surface area contributed by atoms with E-state index in [9.17, 15) is 24.8 Å². The van der Waals surface area contributed by atoms with Gasteiger partial charge in [0.15, 0.2) is 0 Å². The van der Waals surface area contributed by atoms with E-state index in [-0.39, 0.29) is 16.3 Å². The lowest BCUT2D eigenvalue weighted by Crippen LogP contribution is -2.27. The molecule has 2 rings (SSSR count). The number of hydrogen-bond donors (Lipinski definition) is 2. The van der Waals surface area contributed by atoms with Crippen LogP contribution < -0.4 is 5.32 Å². The highest BCUT2D eigenvalue weighted by Crippen LogP contribution is 2.36. The predicted molar refractivity (Wildman–Crippen MR) is 93.2 cm³/mol. The van der Waals surface area contributed by atoms with Gasteiger partial charge >= 0.3 is 12.1 Å². The summed E-state index contributed by atoms with van der Waals surface area (Å²) in [6.45, 7) is 5.06. The minimum absolute atomic E-state index is 0.0771. The van der Waals surface area contributed by atoms with Gasteiger partial charge in [-0.3, -0.25) is 15.4 Å². The molecular weight excluding hydrogens is 348 g/mol. The smallest absolute Gasteiger partial charge is 0.412 e. The van der Waals surface area contributed by atoms with Gasteiger partial charge in [0.1, 0.15) is 10.5 Å². The number of rotatable bonds is 4. The Morgan fingerprint density at radius 3 is 2.52 bits per heavy atom. The number of nitrogens with zero attached hydrogens (tertiary/aromatic N) is 1. The number of hydrogen-bond acceptors (Lipinski definition) is 6. The molecule has 1 heterocycles. The zero-order valence-electron chi connectivity index (χ0n) is 13.7. The molecule has 2 aromatic rings. The molecule has 0 aliphatic rings. The summed E-state index contributed by atoms with van der Waals surface area (Å²) >= 11 is 0.909. The topological polar surface area (TPSA) is 119 Å². The van der Waals surface area contributed by atoms with Gasteiger partial charge in [-0.1, -0.05) is 12.1 Å². The first kappa shape index (κ1) is 18.4. The number of anilines is 1. The normalized spacial score (nSPS) is 11.0. The lowest BCUT2D eigenvalue weighted by molar-refractivity contribution is -0.384. The van der Waals surface area contributed by atoms with Crippen LogP contribution in [0, 0.1) is 10.1 Å². The van der Waals surface area contributed by atoms with Gasteiger partial charge in [-0.25, -0.2) is 9.59 Å². The van der Waals surface area contributed by atoms with Crippen molar-refractivity contribution in [3.05, 3.63) is 45.3 Å². The lowest BCUT2D eigenvalue weighted by Gasteiger charge is -2.19. The van der Waals surface area contributed by atoms with Gasteiger partial charge in [-0.15, -0.1) is 11.3 Å². The van der Waals surface area contributed by atoms with Crippen LogP contribution in [0.15, 0.2) is 30.3 Å². The van der Waals surface area contributed by atoms with Crippen LogP contribution in [0.3, 0.4) is 0 Å². The maximum atomic E-state index is 11.9. The summed E-state index contributed by atoms with van der Waals surface area (Å²) in [6, 6.07) is 7.28. The molecule has 0 saturated carbocycles. The van der Waals surface area contributed by atoms with Crippen LogP contribution in [0.4, 0.5) is 16.2 Å². The SMILES string of the molecule is CC(C)(C)OC(=O)Nc1cc(-c2cccc([N+](=O)[O-])c2)sc1C(=O)O. The Hall–Kier alpha value is -2.94. The molecule has 9 heteroatoms. The Morgan fingerprint density at radius 2 is 1.96 bits per heavy atom. The zero-order valence-corrected chi connectivity index (χ0v) is 14.5. The number of carbonyl (C=O) groups excluding carboxylic acids is 1. The number of amides is 1. The first-order valence-electron chi connectivity index (χ1n) is 7.19. The van der Waals surface area contributed by atoms with E-state index in [2.05, 4.69) is 5.32 Å². The molecule has 0 atom stereocenters. The van der Waals surface area contributed by atoms with Gasteiger partial charge in [0.05, 0.1) is 10.6 Å². The molecule has 1 aromatic carbocycles. The lowest BCUT2D eigenvalue weighted by atomic mass is 10.1. The number of nitro benzene ring substituents is 1. The number of carboxylic acids is 1. The van der Waals surface area contributed by atoms with Gasteiger partial charge in [-0.2, -0.15) is 0 Å². The zero-order chi connectivity index (χ0) is 18.8. The number of ether oxygens (including phenoxy) is 1. The van der Waals surface area contributed by atoms with Crippen LogP contribution >= 0.6 is 11.3 Å². The number of nitro groups is 1. The third-order valence-electron chi connectivity index (χ3n) is 2.90. The standard InChI is InChI=1S/C16H16N2O6S/c1-16(2,3)24-15(21)17-11-8-12(25-13(11)14(19)20)9-5-4-6-10(7-9)18(22)23/h4-8H,1-3H3,(H,17,21)(H,19,20). The van der Waals surface area contributed by atoms with Gasteiger partial charge < -0.3 is 9.84 Å². The Kier molecular flexibility index (Phi) is 5.07. The van der Waals surface area contributed by atoms with Crippen molar-refractivity contribution in [3.63, 3.8) is 0 Å². The molecule has 1 amide bonds. The van der Waals surface area contributed by atoms with E-state index >= 15 is 0 Å². The van der Waals surface area contributed by atoms with Crippen LogP contribution in [0.5, 0.6) is 0 Å². The molecule has 0 spiro atoms. The maximum absolute atomic E-state index is 11.9. The fraction of sp³-hybridized carbons (Fsp3) is 0.250. The number of carbonyl (C=O) groups is 2. The molecule has 0 radical (unpaired) electrons. The summed E-state index contributed by atoms with van der Waals surface area (Å²) in [5.74, 6) is -1.22. The van der Waals surface area contributed by atoms with Crippen LogP contribution in [0.1, 0.15) is 30.4 Å². The van der Waals surface area contributed by atoms with Crippen molar-refractivity contribution >= 4 is 34.8 Å². The second kappa shape index (κ2) is 6.89. The van der Waals surface area contributed by atoms with E-state index in [0.29, 0.717) is 10.4 Å². The number of nitrogens with one attached hydrogen (secondary N) is 1. The molecule has 132 valence electrons. The van der Waals surface area contributed by atoms with E-state index in [4.69, 9.17) is 4.74 Å². The molecule has 0 saturated heterocycles. The van der Waals surface area contributed by atoms with E-state index in [1.807, 2.05) is 0 Å². The number of benzene rings is 1. The van der Waals surface area contributed by atoms with E-state index in [0.717, 1.165) is 11.3 Å². The Bertz CT molecular complexity index is 837. The molecule has 0 aliphatic heterocycles. The minimum atomic E-state index is -1.22. The number of thiophene rings is 1. The summed E-state index contributed by atoms with van der Waals surface area (Å²) < 4.78 is 5.11. The Balaban J connectivity index is 2.37. The first-order valence-corrected chi connectivity index (χ1v) is 8.00. The van der Waals surface area contributed by atoms with E-state index in [1.165, 1.54) is 24.3 Å². The third-order valence-corrected chi connectivity index (χ3v) is 4.08. The second-order valence-corrected chi connectivity index (χ2v) is 7.15. The monoisotopic (exact) mass is 364 g/mol. The highest BCUT2D eigenvalue weighted by atomic mass is 32.1. The molecular formula is C16H16N2O6S. The van der Waals surface area contributed by atoms with Crippen molar-refractivity contribution in [1.82, 2.24) is 0 Å². The highest BCUT2D eigenvalue weighted by molar-refractivity contribution is 7.18. The largest absolute Gasteiger partial charge is 0.477 e. The fourth-order valence-corrected chi connectivity index (χ4v) is 2.92. The van der Waals surface area contributed by atoms with Gasteiger partial charge in [0, 0.05) is 17.0 Å². The molecule has 0 bridgehead atoms. The van der Waals surface area contributed by atoms with E-state index < -0.39 is 22.6 Å². The van der Waals surface area contributed by atoms with Crippen molar-refractivity contribution in [2.45, 2.75) is 26.4 Å². The summed E-state index contributed by atoms with van der Waals surface area (Å²) in [5, 5.41) is 22.6. The quantitative estimate of drug-likeness (QED) is 0.614. The average Bonchev–Trinajstić information content (AvgIpc) is 2.89. The van der Waals surface area contributed by atoms with Crippen molar-refractivity contribution in [2.24, 2.45) is 0 Å². The number of non-ortho nitro benzene ring substituents is 1. The summed E-state index contributed by atoms with van der Waals surface area (Å²) in [5.41, 5.74) is -0.275. The van der Waals surface area contributed by atoms with Gasteiger partial charge in [-0.05, 0) is 32.4 Å². The summed E-state index contributed by atoms with van der Waals surface area (Å²) in [4.78, 5) is 34.0. The fourth-order valence-electron chi connectivity index (χ4n) is 1.97. The van der Waals surface area contributed by atoms with Crippen molar-refractivity contribution in [3.8, 4) is 10.4 Å². The number of aromatic carboxylic acids is 1. The third kappa shape index (κ3) is 4.77. The molecule has 25 heavy (non-hydrogen) atoms.